The van der Waals surface area contributed by atoms with Crippen LogP contribution in [0.3, 0.4) is 0 Å². The minimum absolute atomic E-state index is 0. The van der Waals surface area contributed by atoms with Gasteiger partial charge in [-0.1, -0.05) is 24.3 Å². The molecule has 158 valence electrons. The smallest absolute Gasteiger partial charge is 0.194 e. The Balaban J connectivity index is 0.00000256. The van der Waals surface area contributed by atoms with Crippen LogP contribution in [0.1, 0.15) is 5.69 Å². The summed E-state index contributed by atoms with van der Waals surface area (Å²) in [6, 6.07) is 13.7. The Morgan fingerprint density at radius 3 is 2.60 bits per heavy atom. The summed E-state index contributed by atoms with van der Waals surface area (Å²) < 4.78 is 27.5. The molecule has 2 heterocycles. The van der Waals surface area contributed by atoms with Crippen molar-refractivity contribution < 1.29 is 8.78 Å². The molecule has 30 heavy (non-hydrogen) atoms. The lowest BCUT2D eigenvalue weighted by atomic mass is 10.1. The molecule has 1 N–H and O–H groups in total. The molecule has 3 aromatic rings. The lowest BCUT2D eigenvalue weighted by Gasteiger charge is -2.37. The second kappa shape index (κ2) is 10.0. The van der Waals surface area contributed by atoms with Gasteiger partial charge in [-0.05, 0) is 23.6 Å². The Morgan fingerprint density at radius 1 is 1.07 bits per heavy atom. The molecule has 1 aliphatic rings. The van der Waals surface area contributed by atoms with Gasteiger partial charge in [0.15, 0.2) is 5.96 Å². The van der Waals surface area contributed by atoms with E-state index in [9.17, 15) is 8.78 Å². The Bertz CT molecular complexity index is 1030. The van der Waals surface area contributed by atoms with Gasteiger partial charge < -0.3 is 15.1 Å². The maximum atomic E-state index is 14.0. The minimum Gasteiger partial charge on any atom is -0.366 e. The van der Waals surface area contributed by atoms with Crippen molar-refractivity contribution in [2.45, 2.75) is 6.54 Å². The summed E-state index contributed by atoms with van der Waals surface area (Å²) >= 11 is 0. The van der Waals surface area contributed by atoms with Crippen LogP contribution >= 0.6 is 24.0 Å². The minimum atomic E-state index is -0.427. The van der Waals surface area contributed by atoms with Crippen LogP contribution in [-0.4, -0.2) is 49.1 Å². The molecule has 0 aliphatic carbocycles. The third kappa shape index (κ3) is 4.80. The first-order valence-corrected chi connectivity index (χ1v) is 9.64. The molecule has 2 aromatic carbocycles. The summed E-state index contributed by atoms with van der Waals surface area (Å²) in [6.07, 6.45) is 1.81. The molecule has 0 atom stereocenters. The molecule has 1 fully saturated rings. The molecule has 5 nitrogen and oxygen atoms in total. The number of nitrogens with one attached hydrogen (secondary N) is 1. The lowest BCUT2D eigenvalue weighted by Crippen LogP contribution is -2.52. The monoisotopic (exact) mass is 523 g/mol. The van der Waals surface area contributed by atoms with Crippen LogP contribution in [0.25, 0.3) is 10.8 Å². The molecule has 0 bridgehead atoms. The fourth-order valence-electron chi connectivity index (χ4n) is 3.71. The molecule has 1 aromatic heterocycles. The highest BCUT2D eigenvalue weighted by Crippen LogP contribution is 2.22. The van der Waals surface area contributed by atoms with Gasteiger partial charge in [0, 0.05) is 50.9 Å². The number of rotatable bonds is 3. The zero-order valence-electron chi connectivity index (χ0n) is 16.7. The lowest BCUT2D eigenvalue weighted by molar-refractivity contribution is 0.370. The standard InChI is InChI=1S/C22H23F2N5.HI/c1-25-22(27-15-20-18-5-3-2-4-16(18)8-9-26-20)29-12-10-28(11-13-29)21-14-17(23)6-7-19(21)24;/h2-9,14H,10-13,15H2,1H3,(H,25,27);1H. The van der Waals surface area contributed by atoms with Gasteiger partial charge in [0.1, 0.15) is 11.6 Å². The first-order valence-electron chi connectivity index (χ1n) is 9.64. The van der Waals surface area contributed by atoms with Crippen molar-refractivity contribution in [3.8, 4) is 0 Å². The number of hydrogen-bond acceptors (Lipinski definition) is 3. The van der Waals surface area contributed by atoms with Crippen LogP contribution in [0.15, 0.2) is 59.7 Å². The van der Waals surface area contributed by atoms with Gasteiger partial charge in [-0.2, -0.15) is 0 Å². The number of benzene rings is 2. The van der Waals surface area contributed by atoms with Crippen molar-refractivity contribution in [3.05, 3.63) is 72.1 Å². The molecular weight excluding hydrogens is 499 g/mol. The predicted molar refractivity (Wildman–Crippen MR) is 128 cm³/mol. The average Bonchev–Trinajstić information content (AvgIpc) is 2.76. The zero-order chi connectivity index (χ0) is 20.2. The van der Waals surface area contributed by atoms with Crippen LogP contribution in [0.2, 0.25) is 0 Å². The Kier molecular flexibility index (Phi) is 7.41. The molecule has 1 saturated heterocycles. The second-order valence-corrected chi connectivity index (χ2v) is 6.95. The van der Waals surface area contributed by atoms with E-state index in [2.05, 4.69) is 32.3 Å². The summed E-state index contributed by atoms with van der Waals surface area (Å²) in [6.45, 7) is 3.07. The van der Waals surface area contributed by atoms with Gasteiger partial charge in [0.05, 0.1) is 17.9 Å². The SMILES string of the molecule is CN=C(NCc1nccc2ccccc12)N1CCN(c2cc(F)ccc2F)CC1.I. The first-order chi connectivity index (χ1) is 14.2. The van der Waals surface area contributed by atoms with E-state index in [4.69, 9.17) is 0 Å². The van der Waals surface area contributed by atoms with E-state index in [-0.39, 0.29) is 24.0 Å². The van der Waals surface area contributed by atoms with Crippen LogP contribution in [-0.2, 0) is 6.54 Å². The van der Waals surface area contributed by atoms with E-state index < -0.39 is 11.6 Å². The van der Waals surface area contributed by atoms with Crippen molar-refractivity contribution in [3.63, 3.8) is 0 Å². The Labute approximate surface area is 191 Å². The van der Waals surface area contributed by atoms with Crippen LogP contribution in [0, 0.1) is 11.6 Å². The number of pyridine rings is 1. The summed E-state index contributed by atoms with van der Waals surface area (Å²) in [7, 11) is 1.75. The van der Waals surface area contributed by atoms with E-state index in [1.54, 1.807) is 7.05 Å². The van der Waals surface area contributed by atoms with Crippen molar-refractivity contribution in [1.82, 2.24) is 15.2 Å². The van der Waals surface area contributed by atoms with E-state index in [1.165, 1.54) is 12.1 Å². The third-order valence-electron chi connectivity index (χ3n) is 5.21. The fraction of sp³-hybridized carbons (Fsp3) is 0.273. The Morgan fingerprint density at radius 2 is 1.83 bits per heavy atom. The van der Waals surface area contributed by atoms with E-state index in [1.807, 2.05) is 29.3 Å². The molecule has 1 aliphatic heterocycles. The molecule has 8 heteroatoms. The third-order valence-corrected chi connectivity index (χ3v) is 5.21. The van der Waals surface area contributed by atoms with Crippen LogP contribution in [0.5, 0.6) is 0 Å². The highest BCUT2D eigenvalue weighted by molar-refractivity contribution is 14.0. The van der Waals surface area contributed by atoms with E-state index in [0.717, 1.165) is 28.5 Å². The number of fused-ring (bicyclic) bond motifs is 1. The summed E-state index contributed by atoms with van der Waals surface area (Å²) in [5.74, 6) is -0.0487. The zero-order valence-corrected chi connectivity index (χ0v) is 19.0. The summed E-state index contributed by atoms with van der Waals surface area (Å²) in [4.78, 5) is 12.9. The van der Waals surface area contributed by atoms with Gasteiger partial charge in [0.25, 0.3) is 0 Å². The van der Waals surface area contributed by atoms with Gasteiger partial charge >= 0.3 is 0 Å². The van der Waals surface area contributed by atoms with Crippen LogP contribution < -0.4 is 10.2 Å². The van der Waals surface area contributed by atoms with E-state index in [0.29, 0.717) is 38.4 Å². The number of aliphatic imine (C=N–C) groups is 1. The summed E-state index contributed by atoms with van der Waals surface area (Å²) in [5, 5.41) is 5.65. The highest BCUT2D eigenvalue weighted by atomic mass is 127. The maximum absolute atomic E-state index is 14.0. The van der Waals surface area contributed by atoms with Gasteiger partial charge in [-0.15, -0.1) is 24.0 Å². The first kappa shape index (κ1) is 22.2. The predicted octanol–water partition coefficient (Wildman–Crippen LogP) is 4.03. The second-order valence-electron chi connectivity index (χ2n) is 6.95. The normalized spacial score (nSPS) is 14.6. The molecule has 0 saturated carbocycles. The van der Waals surface area contributed by atoms with Gasteiger partial charge in [-0.3, -0.25) is 9.98 Å². The molecule has 0 amide bonds. The largest absolute Gasteiger partial charge is 0.366 e. The number of aromatic nitrogens is 1. The number of piperazine rings is 1. The fourth-order valence-corrected chi connectivity index (χ4v) is 3.71. The van der Waals surface area contributed by atoms with Crippen molar-refractivity contribution in [1.29, 1.82) is 0 Å². The van der Waals surface area contributed by atoms with Crippen molar-refractivity contribution in [2.24, 2.45) is 4.99 Å². The average molecular weight is 523 g/mol. The number of guanidine groups is 1. The van der Waals surface area contributed by atoms with Crippen molar-refractivity contribution in [2.75, 3.05) is 38.1 Å². The number of anilines is 1. The number of hydrogen-bond donors (Lipinski definition) is 1. The quantitative estimate of drug-likeness (QED) is 0.320. The molecular formula is C22H24F2IN5. The summed E-state index contributed by atoms with van der Waals surface area (Å²) in [5.41, 5.74) is 1.28. The van der Waals surface area contributed by atoms with Crippen LogP contribution in [0.4, 0.5) is 14.5 Å². The number of nitrogens with zero attached hydrogens (tertiary/aromatic N) is 4. The Hall–Kier alpha value is -2.49. The van der Waals surface area contributed by atoms with Gasteiger partial charge in [-0.25, -0.2) is 8.78 Å². The maximum Gasteiger partial charge on any atom is 0.194 e. The molecule has 0 radical (unpaired) electrons. The van der Waals surface area contributed by atoms with E-state index >= 15 is 0 Å². The number of halogens is 3. The molecule has 4 rings (SSSR count). The molecule has 0 spiro atoms. The van der Waals surface area contributed by atoms with Gasteiger partial charge in [0.2, 0.25) is 0 Å². The molecule has 0 unspecified atom stereocenters. The van der Waals surface area contributed by atoms with Crippen molar-refractivity contribution >= 4 is 46.4 Å². The topological polar surface area (TPSA) is 43.8 Å². The highest BCUT2D eigenvalue weighted by Gasteiger charge is 2.22.